The van der Waals surface area contributed by atoms with Gasteiger partial charge in [-0.2, -0.15) is 0 Å². The molecule has 0 saturated heterocycles. The van der Waals surface area contributed by atoms with Crippen LogP contribution < -0.4 is 11.1 Å². The van der Waals surface area contributed by atoms with E-state index in [4.69, 9.17) is 5.73 Å². The number of anilines is 1. The van der Waals surface area contributed by atoms with Crippen LogP contribution >= 0.6 is 38.5 Å². The number of hydrogen-bond acceptors (Lipinski definition) is 2. The van der Waals surface area contributed by atoms with Crippen LogP contribution in [0.15, 0.2) is 22.7 Å². The highest BCUT2D eigenvalue weighted by Gasteiger charge is 2.15. The first kappa shape index (κ1) is 14.9. The Kier molecular flexibility index (Phi) is 6.43. The zero-order chi connectivity index (χ0) is 12.8. The molecule has 0 saturated carbocycles. The number of carbonyl (C=O) groups is 1. The van der Waals surface area contributed by atoms with Crippen LogP contribution in [0.25, 0.3) is 0 Å². The van der Waals surface area contributed by atoms with Crippen molar-refractivity contribution >= 4 is 50.1 Å². The Morgan fingerprint density at radius 2 is 2.29 bits per heavy atom. The first-order valence-electron chi connectivity index (χ1n) is 5.54. The third kappa shape index (κ3) is 4.56. The van der Waals surface area contributed by atoms with E-state index < -0.39 is 0 Å². The van der Waals surface area contributed by atoms with Crippen molar-refractivity contribution in [3.63, 3.8) is 0 Å². The van der Waals surface area contributed by atoms with Gasteiger partial charge in [0.1, 0.15) is 0 Å². The van der Waals surface area contributed by atoms with Gasteiger partial charge in [-0.1, -0.05) is 13.3 Å². The molecule has 1 amide bonds. The van der Waals surface area contributed by atoms with E-state index >= 15 is 0 Å². The molecule has 0 aliphatic rings. The molecule has 0 radical (unpaired) electrons. The molecule has 0 aromatic heterocycles. The molecule has 0 aliphatic heterocycles. The van der Waals surface area contributed by atoms with Gasteiger partial charge in [0.15, 0.2) is 0 Å². The number of benzene rings is 1. The fourth-order valence-electron chi connectivity index (χ4n) is 1.52. The van der Waals surface area contributed by atoms with E-state index in [0.717, 1.165) is 26.6 Å². The molecule has 0 bridgehead atoms. The summed E-state index contributed by atoms with van der Waals surface area (Å²) in [6, 6.07) is 5.74. The van der Waals surface area contributed by atoms with Gasteiger partial charge >= 0.3 is 0 Å². The number of nitrogens with one attached hydrogen (secondary N) is 1. The predicted octanol–water partition coefficient (Wildman–Crippen LogP) is 3.37. The van der Waals surface area contributed by atoms with Gasteiger partial charge in [-0.05, 0) is 63.1 Å². The Morgan fingerprint density at radius 1 is 1.59 bits per heavy atom. The number of amides is 1. The fraction of sp³-hybridized carbons (Fsp3) is 0.417. The molecule has 94 valence electrons. The van der Waals surface area contributed by atoms with Crippen LogP contribution in [0.3, 0.4) is 0 Å². The van der Waals surface area contributed by atoms with Crippen LogP contribution in [0.4, 0.5) is 5.69 Å². The molecule has 0 heterocycles. The lowest BCUT2D eigenvalue weighted by molar-refractivity contribution is -0.119. The lowest BCUT2D eigenvalue weighted by Crippen LogP contribution is -2.29. The summed E-state index contributed by atoms with van der Waals surface area (Å²) >= 11 is 5.64. The third-order valence-corrected chi connectivity index (χ3v) is 4.80. The number of rotatable bonds is 5. The highest BCUT2D eigenvalue weighted by Crippen LogP contribution is 2.23. The minimum atomic E-state index is -0.0960. The van der Waals surface area contributed by atoms with Gasteiger partial charge in [0.05, 0.1) is 5.92 Å². The number of nitrogens with two attached hydrogens (primary N) is 1. The Balaban J connectivity index is 2.69. The minimum absolute atomic E-state index is 0.00692. The zero-order valence-electron chi connectivity index (χ0n) is 9.67. The van der Waals surface area contributed by atoms with Crippen molar-refractivity contribution in [1.82, 2.24) is 0 Å². The first-order chi connectivity index (χ1) is 8.08. The van der Waals surface area contributed by atoms with Crippen molar-refractivity contribution in [3.8, 4) is 0 Å². The van der Waals surface area contributed by atoms with Crippen molar-refractivity contribution in [2.75, 3.05) is 11.9 Å². The molecule has 1 aromatic rings. The van der Waals surface area contributed by atoms with Crippen molar-refractivity contribution < 1.29 is 4.79 Å². The van der Waals surface area contributed by atoms with Crippen molar-refractivity contribution in [2.45, 2.75) is 19.8 Å². The Bertz CT molecular complexity index is 398. The molecular formula is C12H16BrIN2O. The second-order valence-corrected chi connectivity index (χ2v) is 5.86. The van der Waals surface area contributed by atoms with Crippen LogP contribution in [0, 0.1) is 9.49 Å². The van der Waals surface area contributed by atoms with E-state index in [1.165, 1.54) is 0 Å². The highest BCUT2D eigenvalue weighted by molar-refractivity contribution is 14.1. The van der Waals surface area contributed by atoms with Crippen LogP contribution in [0.1, 0.15) is 19.8 Å². The van der Waals surface area contributed by atoms with Crippen molar-refractivity contribution in [3.05, 3.63) is 26.2 Å². The summed E-state index contributed by atoms with van der Waals surface area (Å²) in [6.07, 6.45) is 1.79. The van der Waals surface area contributed by atoms with E-state index in [2.05, 4.69) is 50.8 Å². The molecule has 0 aliphatic carbocycles. The first-order valence-corrected chi connectivity index (χ1v) is 7.41. The molecular weight excluding hydrogens is 395 g/mol. The predicted molar refractivity (Wildman–Crippen MR) is 82.9 cm³/mol. The fourth-order valence-corrected chi connectivity index (χ4v) is 2.28. The van der Waals surface area contributed by atoms with Gasteiger partial charge < -0.3 is 11.1 Å². The number of carbonyl (C=O) groups excluding carboxylic acids is 1. The van der Waals surface area contributed by atoms with Gasteiger partial charge in [-0.15, -0.1) is 0 Å². The lowest BCUT2D eigenvalue weighted by Gasteiger charge is -2.14. The van der Waals surface area contributed by atoms with E-state index in [9.17, 15) is 4.79 Å². The molecule has 1 rings (SSSR count). The van der Waals surface area contributed by atoms with Crippen molar-refractivity contribution in [2.24, 2.45) is 11.7 Å². The monoisotopic (exact) mass is 410 g/mol. The molecule has 5 heteroatoms. The minimum Gasteiger partial charge on any atom is -0.330 e. The van der Waals surface area contributed by atoms with Gasteiger partial charge in [-0.25, -0.2) is 0 Å². The standard InChI is InChI=1S/C12H16BrIN2O/c1-2-3-8(7-15)12(17)16-9-4-5-10(13)11(14)6-9/h4-6,8H,2-3,7,15H2,1H3,(H,16,17). The molecule has 17 heavy (non-hydrogen) atoms. The maximum Gasteiger partial charge on any atom is 0.228 e. The summed E-state index contributed by atoms with van der Waals surface area (Å²) in [6.45, 7) is 2.45. The SMILES string of the molecule is CCCC(CN)C(=O)Nc1ccc(Br)c(I)c1. The van der Waals surface area contributed by atoms with Crippen LogP contribution in [0.2, 0.25) is 0 Å². The van der Waals surface area contributed by atoms with Gasteiger partial charge in [0.25, 0.3) is 0 Å². The molecule has 1 unspecified atom stereocenters. The van der Waals surface area contributed by atoms with E-state index in [1.54, 1.807) is 0 Å². The number of hydrogen-bond donors (Lipinski definition) is 2. The van der Waals surface area contributed by atoms with Crippen LogP contribution in [-0.2, 0) is 4.79 Å². The van der Waals surface area contributed by atoms with Crippen LogP contribution in [-0.4, -0.2) is 12.5 Å². The topological polar surface area (TPSA) is 55.1 Å². The van der Waals surface area contributed by atoms with Crippen molar-refractivity contribution in [1.29, 1.82) is 0 Å². The maximum absolute atomic E-state index is 11.9. The second kappa shape index (κ2) is 7.33. The van der Waals surface area contributed by atoms with E-state index in [0.29, 0.717) is 6.54 Å². The highest BCUT2D eigenvalue weighted by atomic mass is 127. The molecule has 0 fully saturated rings. The molecule has 3 N–H and O–H groups in total. The third-order valence-electron chi connectivity index (χ3n) is 2.48. The molecule has 0 spiro atoms. The number of halogens is 2. The normalized spacial score (nSPS) is 12.2. The summed E-state index contributed by atoms with van der Waals surface area (Å²) in [5.41, 5.74) is 6.41. The Labute approximate surface area is 124 Å². The van der Waals surface area contributed by atoms with E-state index in [1.807, 2.05) is 18.2 Å². The molecule has 1 aromatic carbocycles. The summed E-state index contributed by atoms with van der Waals surface area (Å²) in [5.74, 6) is -0.0891. The summed E-state index contributed by atoms with van der Waals surface area (Å²) in [4.78, 5) is 11.9. The maximum atomic E-state index is 11.9. The summed E-state index contributed by atoms with van der Waals surface area (Å²) in [5, 5.41) is 2.90. The summed E-state index contributed by atoms with van der Waals surface area (Å²) < 4.78 is 2.10. The Hall–Kier alpha value is -0.140. The van der Waals surface area contributed by atoms with Crippen LogP contribution in [0.5, 0.6) is 0 Å². The smallest absolute Gasteiger partial charge is 0.228 e. The van der Waals surface area contributed by atoms with E-state index in [-0.39, 0.29) is 11.8 Å². The average molecular weight is 411 g/mol. The van der Waals surface area contributed by atoms with Gasteiger partial charge in [-0.3, -0.25) is 4.79 Å². The largest absolute Gasteiger partial charge is 0.330 e. The Morgan fingerprint density at radius 3 is 2.82 bits per heavy atom. The second-order valence-electron chi connectivity index (χ2n) is 3.84. The van der Waals surface area contributed by atoms with Gasteiger partial charge in [0.2, 0.25) is 5.91 Å². The summed E-state index contributed by atoms with van der Waals surface area (Å²) in [7, 11) is 0. The quantitative estimate of drug-likeness (QED) is 0.731. The molecule has 3 nitrogen and oxygen atoms in total. The average Bonchev–Trinajstić information content (AvgIpc) is 2.30. The van der Waals surface area contributed by atoms with Gasteiger partial charge in [0, 0.05) is 20.3 Å². The molecule has 1 atom stereocenters. The zero-order valence-corrected chi connectivity index (χ0v) is 13.4. The lowest BCUT2D eigenvalue weighted by atomic mass is 10.0.